The van der Waals surface area contributed by atoms with Crippen LogP contribution in [0.5, 0.6) is 0 Å². The third-order valence-corrected chi connectivity index (χ3v) is 4.62. The van der Waals surface area contributed by atoms with Crippen molar-refractivity contribution in [3.63, 3.8) is 0 Å². The molecule has 0 atom stereocenters. The Morgan fingerprint density at radius 2 is 2.13 bits per heavy atom. The Morgan fingerprint density at radius 1 is 1.47 bits per heavy atom. The first kappa shape index (κ1) is 13.5. The zero-order valence-corrected chi connectivity index (χ0v) is 12.0. The molecule has 0 radical (unpaired) electrons. The number of hydrogen-bond donors (Lipinski definition) is 1. The fourth-order valence-corrected chi connectivity index (χ4v) is 3.36. The summed E-state index contributed by atoms with van der Waals surface area (Å²) in [5.41, 5.74) is 1.36. The average Bonchev–Trinajstić information content (AvgIpc) is 2.47. The average molecular weight is 312 g/mol. The van der Waals surface area contributed by atoms with Crippen LogP contribution in [0.15, 0.2) is 9.85 Å². The van der Waals surface area contributed by atoms with Crippen LogP contribution in [-0.2, 0) is 6.54 Å². The van der Waals surface area contributed by atoms with Crippen LogP contribution >= 0.6 is 39.7 Å². The molecule has 0 spiro atoms. The third kappa shape index (κ3) is 3.71. The van der Waals surface area contributed by atoms with Crippen molar-refractivity contribution in [3.05, 3.63) is 20.3 Å². The zero-order valence-electron chi connectivity index (χ0n) is 8.75. The van der Waals surface area contributed by atoms with Crippen molar-refractivity contribution in [1.29, 1.82) is 0 Å². The maximum absolute atomic E-state index is 3.57. The van der Waals surface area contributed by atoms with E-state index < -0.39 is 0 Å². The molecule has 2 rings (SSSR count). The van der Waals surface area contributed by atoms with Crippen molar-refractivity contribution in [1.82, 2.24) is 10.2 Å². The Kier molecular flexibility index (Phi) is 5.57. The van der Waals surface area contributed by atoms with Crippen molar-refractivity contribution in [3.8, 4) is 0 Å². The topological polar surface area (TPSA) is 15.3 Å². The van der Waals surface area contributed by atoms with E-state index in [4.69, 9.17) is 0 Å². The minimum absolute atomic E-state index is 0. The van der Waals surface area contributed by atoms with Crippen LogP contribution < -0.4 is 5.32 Å². The van der Waals surface area contributed by atoms with E-state index in [0.29, 0.717) is 0 Å². The standard InChI is InChI=1S/C10H15BrN2S.ClH/c1-8-6-9(14-10(8)11)7-13-4-2-12-3-5-13;/h6,12H,2-5,7H2,1H3;1H. The molecule has 2 heterocycles. The molecule has 0 aliphatic carbocycles. The molecule has 0 unspecified atom stereocenters. The van der Waals surface area contributed by atoms with Crippen molar-refractivity contribution < 1.29 is 0 Å². The van der Waals surface area contributed by atoms with Crippen LogP contribution in [0.4, 0.5) is 0 Å². The molecule has 0 saturated carbocycles. The minimum atomic E-state index is 0. The second kappa shape index (κ2) is 6.21. The molecule has 1 aromatic heterocycles. The van der Waals surface area contributed by atoms with Crippen LogP contribution in [0.2, 0.25) is 0 Å². The molecule has 0 bridgehead atoms. The van der Waals surface area contributed by atoms with Crippen molar-refractivity contribution in [2.45, 2.75) is 13.5 Å². The summed E-state index contributed by atoms with van der Waals surface area (Å²) in [5.74, 6) is 0. The van der Waals surface area contributed by atoms with Gasteiger partial charge in [-0.2, -0.15) is 0 Å². The first-order valence-corrected chi connectivity index (χ1v) is 6.54. The van der Waals surface area contributed by atoms with E-state index in [1.54, 1.807) is 0 Å². The van der Waals surface area contributed by atoms with Crippen molar-refractivity contribution in [2.75, 3.05) is 26.2 Å². The number of aryl methyl sites for hydroxylation is 1. The summed E-state index contributed by atoms with van der Waals surface area (Å²) in [7, 11) is 0. The number of thiophene rings is 1. The molecule has 5 heteroatoms. The molecule has 1 fully saturated rings. The summed E-state index contributed by atoms with van der Waals surface area (Å²) in [5, 5.41) is 3.37. The van der Waals surface area contributed by atoms with Crippen molar-refractivity contribution >= 4 is 39.7 Å². The molecule has 1 saturated heterocycles. The van der Waals surface area contributed by atoms with Gasteiger partial charge >= 0.3 is 0 Å². The van der Waals surface area contributed by atoms with Gasteiger partial charge in [-0.25, -0.2) is 0 Å². The van der Waals surface area contributed by atoms with E-state index in [-0.39, 0.29) is 12.4 Å². The second-order valence-corrected chi connectivity index (χ2v) is 6.15. The van der Waals surface area contributed by atoms with Gasteiger partial charge in [-0.15, -0.1) is 23.7 Å². The van der Waals surface area contributed by atoms with E-state index >= 15 is 0 Å². The van der Waals surface area contributed by atoms with Gasteiger partial charge in [0.1, 0.15) is 0 Å². The lowest BCUT2D eigenvalue weighted by Gasteiger charge is -2.26. The second-order valence-electron chi connectivity index (χ2n) is 3.70. The van der Waals surface area contributed by atoms with Gasteiger partial charge in [-0.1, -0.05) is 0 Å². The highest BCUT2D eigenvalue weighted by Gasteiger charge is 2.11. The Labute approximate surface area is 110 Å². The zero-order chi connectivity index (χ0) is 9.97. The summed E-state index contributed by atoms with van der Waals surface area (Å²) in [6.07, 6.45) is 0. The predicted octanol–water partition coefficient (Wildman–Crippen LogP) is 2.65. The smallest absolute Gasteiger partial charge is 0.0730 e. The van der Waals surface area contributed by atoms with E-state index in [0.717, 1.165) is 19.6 Å². The fraction of sp³-hybridized carbons (Fsp3) is 0.600. The number of nitrogens with one attached hydrogen (secondary N) is 1. The lowest BCUT2D eigenvalue weighted by Crippen LogP contribution is -2.42. The highest BCUT2D eigenvalue weighted by atomic mass is 79.9. The summed E-state index contributed by atoms with van der Waals surface area (Å²) in [4.78, 5) is 3.98. The van der Waals surface area contributed by atoms with Gasteiger partial charge in [0.05, 0.1) is 3.79 Å². The molecule has 15 heavy (non-hydrogen) atoms. The van der Waals surface area contributed by atoms with Crippen LogP contribution in [-0.4, -0.2) is 31.1 Å². The molecule has 1 aliphatic rings. The van der Waals surface area contributed by atoms with Gasteiger partial charge in [0.25, 0.3) is 0 Å². The number of piperazine rings is 1. The molecule has 0 aromatic carbocycles. The van der Waals surface area contributed by atoms with Gasteiger partial charge in [-0.05, 0) is 34.5 Å². The number of rotatable bonds is 2. The van der Waals surface area contributed by atoms with E-state index in [2.05, 4.69) is 39.1 Å². The normalized spacial score (nSPS) is 17.5. The predicted molar refractivity (Wildman–Crippen MR) is 72.2 cm³/mol. The first-order chi connectivity index (χ1) is 6.75. The SMILES string of the molecule is Cc1cc(CN2CCNCC2)sc1Br.Cl. The van der Waals surface area contributed by atoms with Crippen molar-refractivity contribution in [2.24, 2.45) is 0 Å². The van der Waals surface area contributed by atoms with Crippen LogP contribution in [0.25, 0.3) is 0 Å². The Morgan fingerprint density at radius 3 is 2.67 bits per heavy atom. The van der Waals surface area contributed by atoms with Gasteiger partial charge in [-0.3, -0.25) is 4.90 Å². The monoisotopic (exact) mass is 310 g/mol. The van der Waals surface area contributed by atoms with Gasteiger partial charge in [0, 0.05) is 37.6 Å². The van der Waals surface area contributed by atoms with E-state index in [9.17, 15) is 0 Å². The molecule has 0 amide bonds. The molecule has 1 aromatic rings. The largest absolute Gasteiger partial charge is 0.314 e. The Bertz CT molecular complexity index is 291. The highest BCUT2D eigenvalue weighted by molar-refractivity contribution is 9.11. The molecular formula is C10H16BrClN2S. The summed E-state index contributed by atoms with van der Waals surface area (Å²) in [6, 6.07) is 2.29. The summed E-state index contributed by atoms with van der Waals surface area (Å²) in [6.45, 7) is 7.88. The molecule has 2 nitrogen and oxygen atoms in total. The fourth-order valence-electron chi connectivity index (χ4n) is 1.69. The maximum Gasteiger partial charge on any atom is 0.0730 e. The number of nitrogens with zero attached hydrogens (tertiary/aromatic N) is 1. The molecule has 1 N–H and O–H groups in total. The molecular weight excluding hydrogens is 296 g/mol. The highest BCUT2D eigenvalue weighted by Crippen LogP contribution is 2.28. The lowest BCUT2D eigenvalue weighted by atomic mass is 10.3. The van der Waals surface area contributed by atoms with Crippen LogP contribution in [0.1, 0.15) is 10.4 Å². The number of hydrogen-bond acceptors (Lipinski definition) is 3. The van der Waals surface area contributed by atoms with Gasteiger partial charge in [0.2, 0.25) is 0 Å². The summed E-state index contributed by atoms with van der Waals surface area (Å²) >= 11 is 5.43. The van der Waals surface area contributed by atoms with E-state index in [1.807, 2.05) is 11.3 Å². The maximum atomic E-state index is 3.57. The Hall–Kier alpha value is 0.390. The van der Waals surface area contributed by atoms with Gasteiger partial charge in [0.15, 0.2) is 0 Å². The van der Waals surface area contributed by atoms with Crippen LogP contribution in [0, 0.1) is 6.92 Å². The van der Waals surface area contributed by atoms with Crippen LogP contribution in [0.3, 0.4) is 0 Å². The first-order valence-electron chi connectivity index (χ1n) is 4.93. The third-order valence-electron chi connectivity index (χ3n) is 2.50. The lowest BCUT2D eigenvalue weighted by molar-refractivity contribution is 0.235. The summed E-state index contributed by atoms with van der Waals surface area (Å²) < 4.78 is 1.28. The Balaban J connectivity index is 0.00000112. The molecule has 86 valence electrons. The molecule has 1 aliphatic heterocycles. The minimum Gasteiger partial charge on any atom is -0.314 e. The van der Waals surface area contributed by atoms with E-state index in [1.165, 1.54) is 27.3 Å². The quantitative estimate of drug-likeness (QED) is 0.903. The van der Waals surface area contributed by atoms with Gasteiger partial charge < -0.3 is 5.32 Å². The number of halogens is 2.